The van der Waals surface area contributed by atoms with Gasteiger partial charge in [-0.05, 0) is 72.9 Å². The third-order valence-corrected chi connectivity index (χ3v) is 7.01. The molecule has 5 nitrogen and oxygen atoms in total. The van der Waals surface area contributed by atoms with E-state index in [-0.39, 0.29) is 24.4 Å². The van der Waals surface area contributed by atoms with E-state index < -0.39 is 0 Å². The smallest absolute Gasteiger partial charge is 0.226 e. The largest absolute Gasteiger partial charge is 0.493 e. The maximum atomic E-state index is 13.3. The molecular formula is C27H30FN3O2. The van der Waals surface area contributed by atoms with Crippen LogP contribution >= 0.6 is 0 Å². The highest BCUT2D eigenvalue weighted by atomic mass is 19.1. The molecule has 2 aliphatic rings. The van der Waals surface area contributed by atoms with Gasteiger partial charge in [-0.2, -0.15) is 0 Å². The Morgan fingerprint density at radius 2 is 1.88 bits per heavy atom. The van der Waals surface area contributed by atoms with Gasteiger partial charge in [0, 0.05) is 37.0 Å². The molecule has 0 bridgehead atoms. The first kappa shape index (κ1) is 21.7. The standard InChI is InChI=1S/C27H30FN3O2/c1-18-14-23(20-2-4-21(5-3-20)26-29-9-10-30-26)16-24-15-22(8-13-33-25(18)24)27(32)31-11-6-19(17-28)7-12-31/h2-5,9-10,14,16,19,22H,6-8,11-13,15,17H2,1H3,(H,29,30). The molecular weight excluding hydrogens is 417 g/mol. The van der Waals surface area contributed by atoms with E-state index in [4.69, 9.17) is 4.74 Å². The minimum atomic E-state index is -0.281. The molecule has 3 aromatic rings. The number of nitrogens with zero attached hydrogens (tertiary/aromatic N) is 2. The number of imidazole rings is 1. The van der Waals surface area contributed by atoms with Gasteiger partial charge in [0.25, 0.3) is 0 Å². The zero-order valence-electron chi connectivity index (χ0n) is 19.0. The van der Waals surface area contributed by atoms with Crippen LogP contribution in [0, 0.1) is 18.8 Å². The molecule has 2 aliphatic heterocycles. The number of aromatic amines is 1. The lowest BCUT2D eigenvalue weighted by Crippen LogP contribution is -2.42. The van der Waals surface area contributed by atoms with Gasteiger partial charge in [0.2, 0.25) is 5.91 Å². The van der Waals surface area contributed by atoms with E-state index in [0.717, 1.165) is 52.2 Å². The number of aromatic nitrogens is 2. The predicted molar refractivity (Wildman–Crippen MR) is 127 cm³/mol. The Labute approximate surface area is 194 Å². The third kappa shape index (κ3) is 4.52. The van der Waals surface area contributed by atoms with Crippen LogP contribution in [0.15, 0.2) is 48.8 Å². The Morgan fingerprint density at radius 3 is 2.58 bits per heavy atom. The summed E-state index contributed by atoms with van der Waals surface area (Å²) in [5, 5.41) is 0. The van der Waals surface area contributed by atoms with Gasteiger partial charge in [-0.15, -0.1) is 0 Å². The molecule has 3 heterocycles. The summed E-state index contributed by atoms with van der Waals surface area (Å²) in [4.78, 5) is 22.7. The number of alkyl halides is 1. The van der Waals surface area contributed by atoms with E-state index in [1.807, 2.05) is 11.1 Å². The maximum absolute atomic E-state index is 13.3. The summed E-state index contributed by atoms with van der Waals surface area (Å²) in [6.07, 6.45) is 6.48. The number of carbonyl (C=O) groups excluding carboxylic acids is 1. The number of carbonyl (C=O) groups is 1. The molecule has 0 spiro atoms. The number of amides is 1. The Hall–Kier alpha value is -3.15. The molecule has 2 aromatic carbocycles. The summed E-state index contributed by atoms with van der Waals surface area (Å²) in [7, 11) is 0. The zero-order valence-corrected chi connectivity index (χ0v) is 19.0. The molecule has 0 aliphatic carbocycles. The van der Waals surface area contributed by atoms with Crippen molar-refractivity contribution in [2.45, 2.75) is 32.6 Å². The van der Waals surface area contributed by atoms with Crippen LogP contribution < -0.4 is 4.74 Å². The number of hydrogen-bond acceptors (Lipinski definition) is 3. The van der Waals surface area contributed by atoms with E-state index in [9.17, 15) is 9.18 Å². The van der Waals surface area contributed by atoms with Crippen LogP contribution in [0.2, 0.25) is 0 Å². The van der Waals surface area contributed by atoms with E-state index in [2.05, 4.69) is 53.3 Å². The molecule has 1 unspecified atom stereocenters. The summed E-state index contributed by atoms with van der Waals surface area (Å²) >= 11 is 0. The van der Waals surface area contributed by atoms with Crippen molar-refractivity contribution >= 4 is 5.91 Å². The second kappa shape index (κ2) is 9.38. The fraction of sp³-hybridized carbons (Fsp3) is 0.407. The Bertz CT molecular complexity index is 1100. The van der Waals surface area contributed by atoms with Gasteiger partial charge >= 0.3 is 0 Å². The average molecular weight is 448 g/mol. The lowest BCUT2D eigenvalue weighted by Gasteiger charge is -2.33. The molecule has 172 valence electrons. The minimum Gasteiger partial charge on any atom is -0.493 e. The Kier molecular flexibility index (Phi) is 6.16. The van der Waals surface area contributed by atoms with E-state index >= 15 is 0 Å². The van der Waals surface area contributed by atoms with Gasteiger partial charge < -0.3 is 14.6 Å². The van der Waals surface area contributed by atoms with Crippen LogP contribution in [0.1, 0.15) is 30.4 Å². The molecule has 1 aromatic heterocycles. The first-order chi connectivity index (χ1) is 16.1. The number of hydrogen-bond donors (Lipinski definition) is 1. The molecule has 1 saturated heterocycles. The van der Waals surface area contributed by atoms with Crippen molar-refractivity contribution in [1.29, 1.82) is 0 Å². The quantitative estimate of drug-likeness (QED) is 0.598. The number of piperidine rings is 1. The number of likely N-dealkylation sites (tertiary alicyclic amines) is 1. The highest BCUT2D eigenvalue weighted by Gasteiger charge is 2.31. The summed E-state index contributed by atoms with van der Waals surface area (Å²) in [5.74, 6) is 1.97. The first-order valence-corrected chi connectivity index (χ1v) is 11.8. The number of halogens is 1. The van der Waals surface area contributed by atoms with Crippen LogP contribution in [-0.4, -0.2) is 47.1 Å². The van der Waals surface area contributed by atoms with Crippen molar-refractivity contribution in [1.82, 2.24) is 14.9 Å². The number of H-pyrrole nitrogens is 1. The maximum Gasteiger partial charge on any atom is 0.226 e. The second-order valence-corrected chi connectivity index (χ2v) is 9.26. The number of nitrogens with one attached hydrogen (secondary N) is 1. The number of fused-ring (bicyclic) bond motifs is 1. The Balaban J connectivity index is 1.37. The van der Waals surface area contributed by atoms with E-state index in [0.29, 0.717) is 32.5 Å². The molecule has 6 heteroatoms. The Morgan fingerprint density at radius 1 is 1.12 bits per heavy atom. The average Bonchev–Trinajstić information content (AvgIpc) is 3.30. The van der Waals surface area contributed by atoms with Crippen molar-refractivity contribution in [3.63, 3.8) is 0 Å². The van der Waals surface area contributed by atoms with Crippen molar-refractivity contribution in [2.24, 2.45) is 11.8 Å². The molecule has 5 rings (SSSR count). The van der Waals surface area contributed by atoms with Gasteiger partial charge in [0.05, 0.1) is 13.3 Å². The molecule has 1 N–H and O–H groups in total. The van der Waals surface area contributed by atoms with Crippen LogP contribution in [0.4, 0.5) is 4.39 Å². The van der Waals surface area contributed by atoms with Gasteiger partial charge in [0.15, 0.2) is 0 Å². The van der Waals surface area contributed by atoms with Crippen molar-refractivity contribution in [2.75, 3.05) is 26.4 Å². The fourth-order valence-electron chi connectivity index (χ4n) is 5.06. The van der Waals surface area contributed by atoms with Crippen LogP contribution in [0.25, 0.3) is 22.5 Å². The van der Waals surface area contributed by atoms with Crippen molar-refractivity contribution < 1.29 is 13.9 Å². The predicted octanol–water partition coefficient (Wildman–Crippen LogP) is 5.20. The normalized spacial score (nSPS) is 19.0. The molecule has 33 heavy (non-hydrogen) atoms. The van der Waals surface area contributed by atoms with Crippen LogP contribution in [-0.2, 0) is 11.2 Å². The summed E-state index contributed by atoms with van der Waals surface area (Å²) in [5.41, 5.74) is 5.47. The highest BCUT2D eigenvalue weighted by molar-refractivity contribution is 5.80. The molecule has 0 radical (unpaired) electrons. The molecule has 1 atom stereocenters. The van der Waals surface area contributed by atoms with Gasteiger partial charge in [-0.25, -0.2) is 4.98 Å². The monoisotopic (exact) mass is 447 g/mol. The topological polar surface area (TPSA) is 58.2 Å². The van der Waals surface area contributed by atoms with Gasteiger partial charge in [-0.3, -0.25) is 9.18 Å². The van der Waals surface area contributed by atoms with Crippen LogP contribution in [0.5, 0.6) is 5.75 Å². The second-order valence-electron chi connectivity index (χ2n) is 9.26. The van der Waals surface area contributed by atoms with Gasteiger partial charge in [0.1, 0.15) is 11.6 Å². The van der Waals surface area contributed by atoms with E-state index in [1.165, 1.54) is 0 Å². The first-order valence-electron chi connectivity index (χ1n) is 11.8. The SMILES string of the molecule is Cc1cc(-c2ccc(-c3ncc[nH]3)cc2)cc2c1OCCC(C(=O)N1CCC(CF)CC1)C2. The lowest BCUT2D eigenvalue weighted by atomic mass is 9.90. The number of ether oxygens (including phenoxy) is 1. The molecule has 1 amide bonds. The lowest BCUT2D eigenvalue weighted by molar-refractivity contribution is -0.137. The molecule has 0 saturated carbocycles. The highest BCUT2D eigenvalue weighted by Crippen LogP contribution is 2.36. The van der Waals surface area contributed by atoms with Gasteiger partial charge in [-0.1, -0.05) is 24.3 Å². The minimum absolute atomic E-state index is 0.0934. The van der Waals surface area contributed by atoms with Crippen molar-refractivity contribution in [3.8, 4) is 28.3 Å². The van der Waals surface area contributed by atoms with Crippen LogP contribution in [0.3, 0.4) is 0 Å². The number of benzene rings is 2. The summed E-state index contributed by atoms with van der Waals surface area (Å²) in [6, 6.07) is 12.7. The fourth-order valence-corrected chi connectivity index (χ4v) is 5.06. The number of rotatable bonds is 4. The molecule has 1 fully saturated rings. The van der Waals surface area contributed by atoms with E-state index in [1.54, 1.807) is 6.20 Å². The summed E-state index contributed by atoms with van der Waals surface area (Å²) in [6.45, 7) is 3.67. The summed E-state index contributed by atoms with van der Waals surface area (Å²) < 4.78 is 19.1. The number of aryl methyl sites for hydroxylation is 1. The van der Waals surface area contributed by atoms with Crippen molar-refractivity contribution in [3.05, 3.63) is 59.9 Å². The zero-order chi connectivity index (χ0) is 22.8. The third-order valence-electron chi connectivity index (χ3n) is 7.01.